The summed E-state index contributed by atoms with van der Waals surface area (Å²) in [5, 5.41) is 2.48. The predicted octanol–water partition coefficient (Wildman–Crippen LogP) is 1.97. The second-order valence-electron chi connectivity index (χ2n) is 6.89. The molecule has 0 aliphatic rings. The van der Waals surface area contributed by atoms with Crippen molar-refractivity contribution in [1.82, 2.24) is 4.72 Å². The fourth-order valence-corrected chi connectivity index (χ4v) is 4.20. The van der Waals surface area contributed by atoms with Crippen molar-refractivity contribution in [3.8, 4) is 0 Å². The second kappa shape index (κ2) is 9.26. The lowest BCUT2D eigenvalue weighted by Crippen LogP contribution is -2.46. The number of quaternary nitrogens is 1. The topological polar surface area (TPSA) is 129 Å². The van der Waals surface area contributed by atoms with Gasteiger partial charge in [-0.3, -0.25) is 0 Å². The zero-order chi connectivity index (χ0) is 22.6. The summed E-state index contributed by atoms with van der Waals surface area (Å²) in [6.45, 7) is 0.101. The number of sulfonamides is 1. The second-order valence-corrected chi connectivity index (χ2v) is 10.9. The van der Waals surface area contributed by atoms with Crippen LogP contribution in [0.5, 0.6) is 0 Å². The first-order valence-corrected chi connectivity index (χ1v) is 11.6. The molecule has 0 unspecified atom stereocenters. The highest BCUT2D eigenvalue weighted by Gasteiger charge is 2.33. The van der Waals surface area contributed by atoms with Gasteiger partial charge in [0.25, 0.3) is 0 Å². The van der Waals surface area contributed by atoms with E-state index in [1.54, 1.807) is 14.1 Å². The van der Waals surface area contributed by atoms with Crippen LogP contribution in [-0.2, 0) is 19.9 Å². The summed E-state index contributed by atoms with van der Waals surface area (Å²) in [6.07, 6.45) is 1.38. The Hall–Kier alpha value is -1.93. The molecule has 29 heavy (non-hydrogen) atoms. The van der Waals surface area contributed by atoms with E-state index in [1.807, 2.05) is 9.63 Å². The summed E-state index contributed by atoms with van der Waals surface area (Å²) in [5.74, 6) is -8.79. The lowest BCUT2D eigenvalue weighted by atomic mass is 10.2. The Labute approximate surface area is 165 Å². The molecular formula is C14H20F4N5O4S2+. The number of halogens is 4. The maximum Gasteiger partial charge on any atom is 0.246 e. The molecule has 1 aromatic carbocycles. The van der Waals surface area contributed by atoms with E-state index in [2.05, 4.69) is 5.11 Å². The van der Waals surface area contributed by atoms with Crippen molar-refractivity contribution in [3.63, 3.8) is 0 Å². The molecule has 0 aliphatic heterocycles. The van der Waals surface area contributed by atoms with Crippen molar-refractivity contribution in [3.05, 3.63) is 33.7 Å². The number of nitrogens with zero attached hydrogens (tertiary/aromatic N) is 4. The van der Waals surface area contributed by atoms with Gasteiger partial charge in [-0.15, -0.1) is 0 Å². The van der Waals surface area contributed by atoms with Crippen LogP contribution in [0.3, 0.4) is 0 Å². The molecule has 0 amide bonds. The number of benzene rings is 1. The zero-order valence-corrected chi connectivity index (χ0v) is 17.4. The van der Waals surface area contributed by atoms with Crippen molar-refractivity contribution in [2.45, 2.75) is 11.3 Å². The standard InChI is InChI=1S/C14H20F4N5O4S2/c1-23(2,6-4-8-28(3,24)25)7-5-20-29(26,27)14-11(17)9(15)13(21-22-19)10(16)12(14)18/h20H,4-8H2,1-3H3/q+1. The molecule has 0 saturated carbocycles. The van der Waals surface area contributed by atoms with Gasteiger partial charge in [0, 0.05) is 17.6 Å². The molecule has 0 atom stereocenters. The molecule has 0 aromatic heterocycles. The quantitative estimate of drug-likeness (QED) is 0.142. The Morgan fingerprint density at radius 1 is 1.00 bits per heavy atom. The first-order chi connectivity index (χ1) is 13.1. The molecule has 0 saturated heterocycles. The van der Waals surface area contributed by atoms with Crippen LogP contribution in [0, 0.1) is 23.3 Å². The molecule has 0 spiro atoms. The Balaban J connectivity index is 2.98. The summed E-state index contributed by atoms with van der Waals surface area (Å²) in [7, 11) is -4.80. The Bertz CT molecular complexity index is 1010. The van der Waals surface area contributed by atoms with Gasteiger partial charge >= 0.3 is 0 Å². The molecule has 0 radical (unpaired) electrons. The fourth-order valence-electron chi connectivity index (χ4n) is 2.39. The summed E-state index contributed by atoms with van der Waals surface area (Å²) >= 11 is 0. The average Bonchev–Trinajstić information content (AvgIpc) is 2.55. The molecule has 164 valence electrons. The van der Waals surface area contributed by atoms with Crippen LogP contribution in [-0.4, -0.2) is 67.1 Å². The highest BCUT2D eigenvalue weighted by Crippen LogP contribution is 2.32. The van der Waals surface area contributed by atoms with E-state index >= 15 is 0 Å². The minimum atomic E-state index is -4.99. The van der Waals surface area contributed by atoms with E-state index < -0.39 is 53.7 Å². The van der Waals surface area contributed by atoms with Crippen LogP contribution in [0.1, 0.15) is 6.42 Å². The minimum absolute atomic E-state index is 0.0626. The van der Waals surface area contributed by atoms with Gasteiger partial charge in [0.1, 0.15) is 15.5 Å². The Morgan fingerprint density at radius 3 is 1.97 bits per heavy atom. The van der Waals surface area contributed by atoms with Gasteiger partial charge in [0.2, 0.25) is 10.0 Å². The van der Waals surface area contributed by atoms with Gasteiger partial charge in [-0.25, -0.2) is 39.1 Å². The number of azide groups is 1. The van der Waals surface area contributed by atoms with Crippen molar-refractivity contribution < 1.29 is 38.9 Å². The normalized spacial score (nSPS) is 12.7. The lowest BCUT2D eigenvalue weighted by Gasteiger charge is -2.29. The highest BCUT2D eigenvalue weighted by atomic mass is 32.2. The van der Waals surface area contributed by atoms with Crippen LogP contribution in [0.2, 0.25) is 0 Å². The summed E-state index contributed by atoms with van der Waals surface area (Å²) < 4.78 is 104. The van der Waals surface area contributed by atoms with E-state index in [0.717, 1.165) is 6.26 Å². The van der Waals surface area contributed by atoms with Gasteiger partial charge in [-0.05, 0) is 5.53 Å². The monoisotopic (exact) mass is 462 g/mol. The van der Waals surface area contributed by atoms with Crippen LogP contribution in [0.4, 0.5) is 23.2 Å². The van der Waals surface area contributed by atoms with E-state index in [-0.39, 0.29) is 23.3 Å². The third-order valence-corrected chi connectivity index (χ3v) is 6.41. The van der Waals surface area contributed by atoms with E-state index in [1.165, 1.54) is 0 Å². The van der Waals surface area contributed by atoms with Gasteiger partial charge in [-0.2, -0.15) is 0 Å². The van der Waals surface area contributed by atoms with Gasteiger partial charge in [0.05, 0.1) is 39.5 Å². The number of nitrogens with one attached hydrogen (secondary N) is 1. The number of sulfone groups is 1. The molecule has 0 heterocycles. The molecule has 0 fully saturated rings. The number of rotatable bonds is 10. The van der Waals surface area contributed by atoms with Crippen LogP contribution in [0.15, 0.2) is 10.0 Å². The SMILES string of the molecule is C[N+](C)(CCCS(C)(=O)=O)CCNS(=O)(=O)c1c(F)c(F)c(N=[N+]=[N-])c(F)c1F. The molecular weight excluding hydrogens is 442 g/mol. The molecule has 0 bridgehead atoms. The fraction of sp³-hybridized carbons (Fsp3) is 0.571. The zero-order valence-electron chi connectivity index (χ0n) is 15.8. The van der Waals surface area contributed by atoms with Crippen molar-refractivity contribution in [2.75, 3.05) is 45.7 Å². The predicted molar refractivity (Wildman–Crippen MR) is 96.4 cm³/mol. The molecule has 15 heteroatoms. The molecule has 9 nitrogen and oxygen atoms in total. The molecule has 0 aliphatic carbocycles. The van der Waals surface area contributed by atoms with Crippen LogP contribution < -0.4 is 4.72 Å². The first kappa shape index (κ1) is 25.1. The minimum Gasteiger partial charge on any atom is -0.327 e. The number of hydrogen-bond acceptors (Lipinski definition) is 5. The highest BCUT2D eigenvalue weighted by molar-refractivity contribution is 7.90. The number of likely N-dealkylation sites (N-methyl/N-ethyl adjacent to an activating group) is 1. The van der Waals surface area contributed by atoms with E-state index in [9.17, 15) is 34.4 Å². The van der Waals surface area contributed by atoms with Crippen LogP contribution in [0.25, 0.3) is 10.4 Å². The maximum atomic E-state index is 14.0. The van der Waals surface area contributed by atoms with Crippen molar-refractivity contribution in [2.24, 2.45) is 5.11 Å². The smallest absolute Gasteiger partial charge is 0.246 e. The molecule has 1 rings (SSSR count). The third kappa shape index (κ3) is 6.82. The summed E-state index contributed by atoms with van der Waals surface area (Å²) in [4.78, 5) is 0.156. The Kier molecular flexibility index (Phi) is 8.01. The van der Waals surface area contributed by atoms with Crippen molar-refractivity contribution in [1.29, 1.82) is 0 Å². The van der Waals surface area contributed by atoms with Gasteiger partial charge in [0.15, 0.2) is 28.2 Å². The first-order valence-electron chi connectivity index (χ1n) is 8.03. The number of hydrogen-bond donors (Lipinski definition) is 1. The lowest BCUT2D eigenvalue weighted by molar-refractivity contribution is -0.889. The summed E-state index contributed by atoms with van der Waals surface area (Å²) in [6, 6.07) is 0. The van der Waals surface area contributed by atoms with Gasteiger partial charge < -0.3 is 4.48 Å². The molecule has 1 aromatic rings. The maximum absolute atomic E-state index is 14.0. The van der Waals surface area contributed by atoms with E-state index in [0.29, 0.717) is 13.0 Å². The van der Waals surface area contributed by atoms with Crippen molar-refractivity contribution >= 4 is 25.5 Å². The molecule has 1 N–H and O–H groups in total. The average molecular weight is 462 g/mol. The Morgan fingerprint density at radius 2 is 1.52 bits per heavy atom. The largest absolute Gasteiger partial charge is 0.327 e. The van der Waals surface area contributed by atoms with E-state index in [4.69, 9.17) is 5.53 Å². The van der Waals surface area contributed by atoms with Crippen LogP contribution >= 0.6 is 0 Å². The van der Waals surface area contributed by atoms with Gasteiger partial charge in [-0.1, -0.05) is 5.11 Å². The third-order valence-electron chi connectivity index (χ3n) is 3.90. The summed E-state index contributed by atoms with van der Waals surface area (Å²) in [5.41, 5.74) is 6.57.